The summed E-state index contributed by atoms with van der Waals surface area (Å²) in [6, 6.07) is 10.1. The Labute approximate surface area is 223 Å². The van der Waals surface area contributed by atoms with Gasteiger partial charge in [-0.15, -0.1) is 0 Å². The SMILES string of the molecule is C[C@@H](C1CC1)N(Cc1ccccc1)C(=O)CN1CC2(CCC3C(=O)C(N4CC5(COC5)C4)=CC=C32)OC1=O. The van der Waals surface area contributed by atoms with Crippen LogP contribution in [0.25, 0.3) is 0 Å². The van der Waals surface area contributed by atoms with Crippen molar-refractivity contribution in [2.24, 2.45) is 17.3 Å². The highest BCUT2D eigenvalue weighted by Gasteiger charge is 2.58. The maximum absolute atomic E-state index is 13.6. The molecule has 2 unspecified atom stereocenters. The average Bonchev–Trinajstić information content (AvgIpc) is 3.58. The third-order valence-electron chi connectivity index (χ3n) is 9.56. The van der Waals surface area contributed by atoms with Crippen LogP contribution in [0.1, 0.15) is 38.2 Å². The number of amides is 2. The van der Waals surface area contributed by atoms with E-state index in [2.05, 4.69) is 11.8 Å². The van der Waals surface area contributed by atoms with E-state index in [0.29, 0.717) is 31.8 Å². The first kappa shape index (κ1) is 23.9. The lowest BCUT2D eigenvalue weighted by Gasteiger charge is -2.56. The van der Waals surface area contributed by atoms with Gasteiger partial charge >= 0.3 is 6.09 Å². The number of nitrogens with zero attached hydrogens (tertiary/aromatic N) is 3. The van der Waals surface area contributed by atoms with Gasteiger partial charge in [-0.25, -0.2) is 4.79 Å². The second-order valence-corrected chi connectivity index (χ2v) is 12.3. The highest BCUT2D eigenvalue weighted by Crippen LogP contribution is 2.50. The van der Waals surface area contributed by atoms with Crippen LogP contribution in [-0.4, -0.2) is 83.5 Å². The van der Waals surface area contributed by atoms with Crippen LogP contribution in [0.5, 0.6) is 0 Å². The number of benzene rings is 1. The van der Waals surface area contributed by atoms with Gasteiger partial charge in [0, 0.05) is 31.6 Å². The Morgan fingerprint density at radius 3 is 2.53 bits per heavy atom. The molecule has 1 aromatic carbocycles. The molecule has 0 aromatic heterocycles. The van der Waals surface area contributed by atoms with E-state index >= 15 is 0 Å². The van der Waals surface area contributed by atoms with E-state index in [0.717, 1.165) is 56.0 Å². The Kier molecular flexibility index (Phi) is 5.48. The molecule has 3 heterocycles. The van der Waals surface area contributed by atoms with Crippen molar-refractivity contribution in [3.63, 3.8) is 0 Å². The van der Waals surface area contributed by atoms with E-state index in [4.69, 9.17) is 9.47 Å². The van der Waals surface area contributed by atoms with E-state index < -0.39 is 11.7 Å². The van der Waals surface area contributed by atoms with Crippen molar-refractivity contribution in [3.8, 4) is 0 Å². The molecule has 7 rings (SSSR count). The van der Waals surface area contributed by atoms with Crippen molar-refractivity contribution in [3.05, 3.63) is 59.3 Å². The average molecular weight is 518 g/mol. The minimum Gasteiger partial charge on any atom is -0.436 e. The number of ketones is 1. The van der Waals surface area contributed by atoms with Crippen LogP contribution in [0.2, 0.25) is 0 Å². The van der Waals surface area contributed by atoms with Crippen LogP contribution in [-0.2, 0) is 25.6 Å². The van der Waals surface area contributed by atoms with Crippen molar-refractivity contribution >= 4 is 17.8 Å². The van der Waals surface area contributed by atoms with Crippen LogP contribution in [0.4, 0.5) is 4.79 Å². The number of hydrogen-bond acceptors (Lipinski definition) is 6. The molecule has 2 amide bonds. The topological polar surface area (TPSA) is 79.4 Å². The van der Waals surface area contributed by atoms with Crippen molar-refractivity contribution < 1.29 is 23.9 Å². The van der Waals surface area contributed by atoms with E-state index in [1.807, 2.05) is 47.4 Å². The van der Waals surface area contributed by atoms with Crippen molar-refractivity contribution in [2.45, 2.75) is 50.8 Å². The van der Waals surface area contributed by atoms with Gasteiger partial charge in [-0.3, -0.25) is 14.5 Å². The minimum atomic E-state index is -0.815. The molecular weight excluding hydrogens is 482 g/mol. The van der Waals surface area contributed by atoms with Gasteiger partial charge in [0.25, 0.3) is 0 Å². The summed E-state index contributed by atoms with van der Waals surface area (Å²) in [5.41, 5.74) is 2.17. The van der Waals surface area contributed by atoms with Gasteiger partial charge in [-0.2, -0.15) is 0 Å². The van der Waals surface area contributed by atoms with Crippen LogP contribution < -0.4 is 0 Å². The van der Waals surface area contributed by atoms with Gasteiger partial charge in [0.2, 0.25) is 5.91 Å². The summed E-state index contributed by atoms with van der Waals surface area (Å²) >= 11 is 0. The molecule has 1 aromatic rings. The molecule has 0 bridgehead atoms. The lowest BCUT2D eigenvalue weighted by atomic mass is 9.76. The molecule has 6 aliphatic rings. The first-order valence-electron chi connectivity index (χ1n) is 14.0. The monoisotopic (exact) mass is 517 g/mol. The Morgan fingerprint density at radius 2 is 1.84 bits per heavy atom. The molecule has 8 heteroatoms. The first-order chi connectivity index (χ1) is 18.4. The second-order valence-electron chi connectivity index (χ2n) is 12.3. The molecule has 200 valence electrons. The number of carbonyl (C=O) groups excluding carboxylic acids is 3. The maximum atomic E-state index is 13.6. The molecule has 5 fully saturated rings. The summed E-state index contributed by atoms with van der Waals surface area (Å²) < 4.78 is 11.4. The number of hydrogen-bond donors (Lipinski definition) is 0. The van der Waals surface area contributed by atoms with Gasteiger partial charge in [-0.1, -0.05) is 36.4 Å². The largest absolute Gasteiger partial charge is 0.436 e. The van der Waals surface area contributed by atoms with E-state index in [-0.39, 0.29) is 35.6 Å². The lowest BCUT2D eigenvalue weighted by Crippen LogP contribution is -2.66. The Morgan fingerprint density at radius 1 is 1.08 bits per heavy atom. The van der Waals surface area contributed by atoms with Gasteiger partial charge in [0.15, 0.2) is 11.4 Å². The van der Waals surface area contributed by atoms with Gasteiger partial charge in [0.1, 0.15) is 6.54 Å². The maximum Gasteiger partial charge on any atom is 0.411 e. The summed E-state index contributed by atoms with van der Waals surface area (Å²) in [6.45, 7) is 6.27. The van der Waals surface area contributed by atoms with E-state index in [1.54, 1.807) is 4.90 Å². The quantitative estimate of drug-likeness (QED) is 0.553. The normalized spacial score (nSPS) is 29.9. The number of ether oxygens (including phenoxy) is 2. The fourth-order valence-corrected chi connectivity index (χ4v) is 7.10. The van der Waals surface area contributed by atoms with Crippen molar-refractivity contribution in [1.29, 1.82) is 0 Å². The zero-order valence-electron chi connectivity index (χ0n) is 21.9. The molecule has 2 spiro atoms. The summed E-state index contributed by atoms with van der Waals surface area (Å²) in [7, 11) is 0. The number of fused-ring (bicyclic) bond motifs is 2. The fraction of sp³-hybridized carbons (Fsp3) is 0.567. The zero-order valence-corrected chi connectivity index (χ0v) is 21.9. The third-order valence-corrected chi connectivity index (χ3v) is 9.56. The molecule has 2 saturated carbocycles. The van der Waals surface area contributed by atoms with Crippen LogP contribution in [0, 0.1) is 17.3 Å². The number of allylic oxidation sites excluding steroid dienone is 3. The van der Waals surface area contributed by atoms with E-state index in [9.17, 15) is 14.4 Å². The van der Waals surface area contributed by atoms with Crippen molar-refractivity contribution in [2.75, 3.05) is 39.4 Å². The van der Waals surface area contributed by atoms with Gasteiger partial charge < -0.3 is 19.3 Å². The van der Waals surface area contributed by atoms with Crippen molar-refractivity contribution in [1.82, 2.24) is 14.7 Å². The third kappa shape index (κ3) is 3.87. The van der Waals surface area contributed by atoms with Crippen LogP contribution in [0.15, 0.2) is 53.8 Å². The number of carbonyl (C=O) groups is 3. The summed E-state index contributed by atoms with van der Waals surface area (Å²) in [6.07, 6.45) is 7.00. The zero-order chi connectivity index (χ0) is 26.1. The predicted octanol–water partition coefficient (Wildman–Crippen LogP) is 3.14. The molecule has 3 saturated heterocycles. The first-order valence-corrected chi connectivity index (χ1v) is 14.0. The second kappa shape index (κ2) is 8.70. The van der Waals surface area contributed by atoms with Crippen LogP contribution in [0.3, 0.4) is 0 Å². The molecular formula is C30H35N3O5. The smallest absolute Gasteiger partial charge is 0.411 e. The molecule has 8 nitrogen and oxygen atoms in total. The molecule has 0 radical (unpaired) electrons. The Hall–Kier alpha value is -3.13. The molecule has 3 aliphatic heterocycles. The van der Waals surface area contributed by atoms with Gasteiger partial charge in [0.05, 0.1) is 30.9 Å². The van der Waals surface area contributed by atoms with Gasteiger partial charge in [-0.05, 0) is 55.7 Å². The molecule has 0 N–H and O–H groups in total. The molecule has 38 heavy (non-hydrogen) atoms. The predicted molar refractivity (Wildman–Crippen MR) is 139 cm³/mol. The van der Waals surface area contributed by atoms with E-state index in [1.165, 1.54) is 0 Å². The lowest BCUT2D eigenvalue weighted by molar-refractivity contribution is -0.181. The highest BCUT2D eigenvalue weighted by atomic mass is 16.6. The summed E-state index contributed by atoms with van der Waals surface area (Å²) in [4.78, 5) is 45.7. The Balaban J connectivity index is 1.06. The Bertz CT molecular complexity index is 1230. The highest BCUT2D eigenvalue weighted by molar-refractivity contribution is 6.01. The van der Waals surface area contributed by atoms with Crippen LogP contribution >= 0.6 is 0 Å². The number of likely N-dealkylation sites (tertiary alicyclic amines) is 1. The number of rotatable bonds is 7. The fourth-order valence-electron chi connectivity index (χ4n) is 7.10. The standard InChI is InChI=1S/C30H35N3O5/c1-20(22-7-8-22)33(13-21-5-3-2-4-6-21)26(34)14-31-17-30(38-28(31)36)12-11-23-24(30)9-10-25(27(23)35)32-15-29(16-32)18-37-19-29/h2-6,9-10,20,22-23H,7-8,11-19H2,1H3/t20-,23?,30?/m0/s1. The summed E-state index contributed by atoms with van der Waals surface area (Å²) in [5, 5.41) is 0. The molecule has 3 atom stereocenters. The summed E-state index contributed by atoms with van der Waals surface area (Å²) in [5.74, 6) is 0.344. The minimum absolute atomic E-state index is 0.00457. The number of Topliss-reactive ketones (excluding diaryl/α,β-unsaturated/α-hetero) is 1. The molecule has 3 aliphatic carbocycles.